The highest BCUT2D eigenvalue weighted by molar-refractivity contribution is 5.78. The predicted molar refractivity (Wildman–Crippen MR) is 102 cm³/mol. The quantitative estimate of drug-likeness (QED) is 0.787. The Labute approximate surface area is 161 Å². The molecule has 1 spiro atoms. The molecule has 0 radical (unpaired) electrons. The van der Waals surface area contributed by atoms with Crippen LogP contribution in [0.2, 0.25) is 0 Å². The molecule has 3 rings (SSSR count). The molecule has 0 bridgehead atoms. The van der Waals surface area contributed by atoms with Crippen molar-refractivity contribution < 1.29 is 13.6 Å². The van der Waals surface area contributed by atoms with Crippen molar-refractivity contribution in [2.45, 2.75) is 45.7 Å². The van der Waals surface area contributed by atoms with E-state index in [-0.39, 0.29) is 17.4 Å². The third kappa shape index (κ3) is 4.85. The molecule has 1 aromatic carbocycles. The van der Waals surface area contributed by atoms with Crippen LogP contribution in [0.3, 0.4) is 0 Å². The fraction of sp³-hybridized carbons (Fsp3) is 0.667. The topological polar surface area (TPSA) is 26.8 Å². The summed E-state index contributed by atoms with van der Waals surface area (Å²) in [7, 11) is 1.86. The average Bonchev–Trinajstić information content (AvgIpc) is 2.99. The molecule has 4 nitrogen and oxygen atoms in total. The maximum atomic E-state index is 13.5. The maximum Gasteiger partial charge on any atom is 0.236 e. The van der Waals surface area contributed by atoms with Gasteiger partial charge in [0.25, 0.3) is 0 Å². The summed E-state index contributed by atoms with van der Waals surface area (Å²) in [5.41, 5.74) is 1.03. The van der Waals surface area contributed by atoms with Gasteiger partial charge in [0.2, 0.25) is 5.91 Å². The fourth-order valence-corrected chi connectivity index (χ4v) is 4.43. The molecule has 2 aliphatic heterocycles. The average molecular weight is 379 g/mol. The van der Waals surface area contributed by atoms with Crippen molar-refractivity contribution >= 4 is 5.91 Å². The first kappa shape index (κ1) is 20.2. The number of carbonyl (C=O) groups excluding carboxylic acids is 1. The molecule has 0 aromatic heterocycles. The summed E-state index contributed by atoms with van der Waals surface area (Å²) in [4.78, 5) is 18.8. The normalized spacial score (nSPS) is 24.1. The van der Waals surface area contributed by atoms with Gasteiger partial charge in [-0.2, -0.15) is 0 Å². The Hall–Kier alpha value is -1.53. The second-order valence-electron chi connectivity index (χ2n) is 8.62. The molecule has 2 heterocycles. The van der Waals surface area contributed by atoms with Gasteiger partial charge in [0.1, 0.15) is 0 Å². The van der Waals surface area contributed by atoms with Crippen LogP contribution in [0.15, 0.2) is 18.2 Å². The van der Waals surface area contributed by atoms with Crippen LogP contribution in [0.25, 0.3) is 0 Å². The van der Waals surface area contributed by atoms with E-state index in [1.165, 1.54) is 18.6 Å². The van der Waals surface area contributed by atoms with E-state index >= 15 is 0 Å². The van der Waals surface area contributed by atoms with E-state index in [1.54, 1.807) is 11.0 Å². The molecular formula is C21H31F2N3O. The smallest absolute Gasteiger partial charge is 0.236 e. The maximum absolute atomic E-state index is 13.5. The number of carbonyl (C=O) groups is 1. The Bertz CT molecular complexity index is 681. The lowest BCUT2D eigenvalue weighted by molar-refractivity contribution is -0.132. The molecule has 2 saturated heterocycles. The number of nitrogens with zero attached hydrogens (tertiary/aromatic N) is 3. The van der Waals surface area contributed by atoms with Gasteiger partial charge in [-0.25, -0.2) is 8.78 Å². The summed E-state index contributed by atoms with van der Waals surface area (Å²) in [6.45, 7) is 9.02. The van der Waals surface area contributed by atoms with E-state index in [0.29, 0.717) is 13.1 Å². The van der Waals surface area contributed by atoms with Gasteiger partial charge in [-0.15, -0.1) is 0 Å². The largest absolute Gasteiger partial charge is 0.342 e. The summed E-state index contributed by atoms with van der Waals surface area (Å²) >= 11 is 0. The SMILES string of the molecule is CC(C)N(C)C(=O)CN1CC[C@@]2(CCCN(Cc3ccc(F)c(F)c3)C2)C1. The molecule has 0 aliphatic carbocycles. The van der Waals surface area contributed by atoms with Crippen molar-refractivity contribution in [2.24, 2.45) is 5.41 Å². The number of hydrogen-bond donors (Lipinski definition) is 0. The van der Waals surface area contributed by atoms with Crippen LogP contribution >= 0.6 is 0 Å². The van der Waals surface area contributed by atoms with E-state index in [2.05, 4.69) is 9.80 Å². The second-order valence-corrected chi connectivity index (χ2v) is 8.62. The molecule has 2 fully saturated rings. The monoisotopic (exact) mass is 379 g/mol. The van der Waals surface area contributed by atoms with Crippen molar-refractivity contribution in [3.8, 4) is 0 Å². The molecule has 6 heteroatoms. The van der Waals surface area contributed by atoms with E-state index in [4.69, 9.17) is 0 Å². The summed E-state index contributed by atoms with van der Waals surface area (Å²) in [5, 5.41) is 0. The molecule has 2 aliphatic rings. The number of likely N-dealkylation sites (N-methyl/N-ethyl adjacent to an activating group) is 1. The Kier molecular flexibility index (Phi) is 6.16. The first-order valence-corrected chi connectivity index (χ1v) is 9.92. The third-order valence-corrected chi connectivity index (χ3v) is 6.17. The van der Waals surface area contributed by atoms with Crippen LogP contribution in [-0.4, -0.2) is 66.4 Å². The van der Waals surface area contributed by atoms with Gasteiger partial charge in [-0.3, -0.25) is 14.6 Å². The Balaban J connectivity index is 1.57. The lowest BCUT2D eigenvalue weighted by Crippen LogP contribution is -2.46. The summed E-state index contributed by atoms with van der Waals surface area (Å²) in [5.74, 6) is -1.40. The number of piperidine rings is 1. The van der Waals surface area contributed by atoms with Gasteiger partial charge in [-0.1, -0.05) is 6.07 Å². The Morgan fingerprint density at radius 3 is 2.59 bits per heavy atom. The van der Waals surface area contributed by atoms with Crippen LogP contribution in [0.4, 0.5) is 8.78 Å². The Morgan fingerprint density at radius 2 is 1.89 bits per heavy atom. The zero-order valence-electron chi connectivity index (χ0n) is 16.7. The third-order valence-electron chi connectivity index (χ3n) is 6.17. The molecule has 1 atom stereocenters. The van der Waals surface area contributed by atoms with Crippen molar-refractivity contribution in [1.29, 1.82) is 0 Å². The van der Waals surface area contributed by atoms with Crippen LogP contribution < -0.4 is 0 Å². The first-order valence-electron chi connectivity index (χ1n) is 9.92. The highest BCUT2D eigenvalue weighted by atomic mass is 19.2. The zero-order chi connectivity index (χ0) is 19.6. The lowest BCUT2D eigenvalue weighted by Gasteiger charge is -2.40. The fourth-order valence-electron chi connectivity index (χ4n) is 4.43. The molecule has 27 heavy (non-hydrogen) atoms. The van der Waals surface area contributed by atoms with Crippen molar-refractivity contribution in [3.05, 3.63) is 35.4 Å². The summed E-state index contributed by atoms with van der Waals surface area (Å²) in [6.07, 6.45) is 3.38. The number of amides is 1. The van der Waals surface area contributed by atoms with Crippen molar-refractivity contribution in [3.63, 3.8) is 0 Å². The number of rotatable bonds is 5. The number of likely N-dealkylation sites (tertiary alicyclic amines) is 2. The van der Waals surface area contributed by atoms with E-state index < -0.39 is 11.6 Å². The first-order chi connectivity index (χ1) is 12.8. The molecule has 0 unspecified atom stereocenters. The second kappa shape index (κ2) is 8.23. The van der Waals surface area contributed by atoms with Gasteiger partial charge in [0.05, 0.1) is 6.54 Å². The molecule has 0 N–H and O–H groups in total. The Morgan fingerprint density at radius 1 is 1.15 bits per heavy atom. The molecule has 0 saturated carbocycles. The molecular weight excluding hydrogens is 348 g/mol. The lowest BCUT2D eigenvalue weighted by atomic mass is 9.79. The van der Waals surface area contributed by atoms with Crippen LogP contribution in [0.1, 0.15) is 38.7 Å². The minimum Gasteiger partial charge on any atom is -0.342 e. The number of hydrogen-bond acceptors (Lipinski definition) is 3. The van der Waals surface area contributed by atoms with Crippen LogP contribution in [-0.2, 0) is 11.3 Å². The summed E-state index contributed by atoms with van der Waals surface area (Å²) in [6, 6.07) is 4.40. The van der Waals surface area contributed by atoms with E-state index in [9.17, 15) is 13.6 Å². The van der Waals surface area contributed by atoms with Crippen LogP contribution in [0.5, 0.6) is 0 Å². The number of benzene rings is 1. The summed E-state index contributed by atoms with van der Waals surface area (Å²) < 4.78 is 26.6. The highest BCUT2D eigenvalue weighted by Crippen LogP contribution is 2.39. The van der Waals surface area contributed by atoms with Crippen LogP contribution in [0, 0.1) is 17.0 Å². The van der Waals surface area contributed by atoms with E-state index in [1.807, 2.05) is 20.9 Å². The van der Waals surface area contributed by atoms with Crippen molar-refractivity contribution in [2.75, 3.05) is 39.8 Å². The molecule has 1 aromatic rings. The predicted octanol–water partition coefficient (Wildman–Crippen LogP) is 3.12. The standard InChI is InChI=1S/C21H31F2N3O/c1-16(2)24(3)20(27)13-26-10-8-21(15-26)7-4-9-25(14-21)12-17-5-6-18(22)19(23)11-17/h5-6,11,16H,4,7-10,12-15H2,1-3H3/t21-/m1/s1. The van der Waals surface area contributed by atoms with Gasteiger partial charge in [0.15, 0.2) is 11.6 Å². The van der Waals surface area contributed by atoms with Gasteiger partial charge in [0, 0.05) is 32.7 Å². The minimum absolute atomic E-state index is 0.177. The van der Waals surface area contributed by atoms with Gasteiger partial charge < -0.3 is 4.90 Å². The van der Waals surface area contributed by atoms with Gasteiger partial charge >= 0.3 is 0 Å². The zero-order valence-corrected chi connectivity index (χ0v) is 16.7. The number of halogens is 2. The minimum atomic E-state index is -0.795. The van der Waals surface area contributed by atoms with Crippen molar-refractivity contribution in [1.82, 2.24) is 14.7 Å². The molecule has 1 amide bonds. The van der Waals surface area contributed by atoms with E-state index in [0.717, 1.165) is 44.6 Å². The highest BCUT2D eigenvalue weighted by Gasteiger charge is 2.41. The molecule has 150 valence electrons. The van der Waals surface area contributed by atoms with Gasteiger partial charge in [-0.05, 0) is 69.3 Å².